The molecule has 1 N–H and O–H groups in total. The summed E-state index contributed by atoms with van der Waals surface area (Å²) in [6.07, 6.45) is 8.22. The average Bonchev–Trinajstić information content (AvgIpc) is 2.44. The van der Waals surface area contributed by atoms with E-state index in [1.165, 1.54) is 25.7 Å². The molecule has 0 radical (unpaired) electrons. The molecule has 1 aliphatic carbocycles. The Kier molecular flexibility index (Phi) is 5.20. The molecule has 1 aromatic rings. The van der Waals surface area contributed by atoms with E-state index >= 15 is 0 Å². The molecular weight excluding hydrogens is 236 g/mol. The second-order valence-corrected chi connectivity index (χ2v) is 5.67. The predicted molar refractivity (Wildman–Crippen MR) is 78.4 cm³/mol. The van der Waals surface area contributed by atoms with Crippen molar-refractivity contribution in [1.29, 1.82) is 0 Å². The summed E-state index contributed by atoms with van der Waals surface area (Å²) in [5, 5.41) is 3.27. The van der Waals surface area contributed by atoms with E-state index in [9.17, 15) is 0 Å². The van der Waals surface area contributed by atoms with Crippen LogP contribution in [0.4, 0.5) is 0 Å². The van der Waals surface area contributed by atoms with Crippen LogP contribution in [0.1, 0.15) is 57.7 Å². The lowest BCUT2D eigenvalue weighted by Crippen LogP contribution is -2.23. The molecule has 2 rings (SSSR count). The Morgan fingerprint density at radius 3 is 2.58 bits per heavy atom. The SMILES string of the molecule is CCC(NC)c1ccc(OC2CCC(C)CC2)cn1. The lowest BCUT2D eigenvalue weighted by molar-refractivity contribution is 0.135. The molecule has 0 saturated heterocycles. The van der Waals surface area contributed by atoms with Crippen LogP contribution < -0.4 is 10.1 Å². The number of hydrogen-bond donors (Lipinski definition) is 1. The summed E-state index contributed by atoms with van der Waals surface area (Å²) in [5.74, 6) is 1.77. The fourth-order valence-electron chi connectivity index (χ4n) is 2.77. The number of hydrogen-bond acceptors (Lipinski definition) is 3. The minimum Gasteiger partial charge on any atom is -0.489 e. The number of ether oxygens (including phenoxy) is 1. The average molecular weight is 262 g/mol. The van der Waals surface area contributed by atoms with E-state index in [1.54, 1.807) is 0 Å². The lowest BCUT2D eigenvalue weighted by Gasteiger charge is -2.26. The predicted octanol–water partition coefficient (Wildman–Crippen LogP) is 3.71. The molecule has 1 fully saturated rings. The molecule has 1 aromatic heterocycles. The first-order valence-electron chi connectivity index (χ1n) is 7.52. The van der Waals surface area contributed by atoms with Crippen molar-refractivity contribution >= 4 is 0 Å². The zero-order chi connectivity index (χ0) is 13.7. The van der Waals surface area contributed by atoms with Gasteiger partial charge >= 0.3 is 0 Å². The van der Waals surface area contributed by atoms with Gasteiger partial charge in [0.2, 0.25) is 0 Å². The van der Waals surface area contributed by atoms with Gasteiger partial charge in [0.05, 0.1) is 18.0 Å². The van der Waals surface area contributed by atoms with E-state index < -0.39 is 0 Å². The summed E-state index contributed by atoms with van der Waals surface area (Å²) in [4.78, 5) is 4.51. The maximum Gasteiger partial charge on any atom is 0.138 e. The van der Waals surface area contributed by atoms with Gasteiger partial charge in [0.1, 0.15) is 5.75 Å². The summed E-state index contributed by atoms with van der Waals surface area (Å²) in [6, 6.07) is 4.47. The molecule has 3 nitrogen and oxygen atoms in total. The minimum absolute atomic E-state index is 0.338. The summed E-state index contributed by atoms with van der Waals surface area (Å²) >= 11 is 0. The highest BCUT2D eigenvalue weighted by molar-refractivity contribution is 5.21. The van der Waals surface area contributed by atoms with Crippen LogP contribution in [0.5, 0.6) is 5.75 Å². The highest BCUT2D eigenvalue weighted by Gasteiger charge is 2.19. The molecular formula is C16H26N2O. The zero-order valence-corrected chi connectivity index (χ0v) is 12.4. The van der Waals surface area contributed by atoms with Gasteiger partial charge in [0, 0.05) is 6.04 Å². The third-order valence-electron chi connectivity index (χ3n) is 4.14. The molecule has 0 aliphatic heterocycles. The maximum absolute atomic E-state index is 6.02. The van der Waals surface area contributed by atoms with Crippen molar-refractivity contribution in [3.05, 3.63) is 24.0 Å². The zero-order valence-electron chi connectivity index (χ0n) is 12.4. The van der Waals surface area contributed by atoms with Crippen LogP contribution in [0.3, 0.4) is 0 Å². The van der Waals surface area contributed by atoms with Crippen molar-refractivity contribution < 1.29 is 4.74 Å². The second kappa shape index (κ2) is 6.90. The third kappa shape index (κ3) is 3.93. The fourth-order valence-corrected chi connectivity index (χ4v) is 2.77. The quantitative estimate of drug-likeness (QED) is 0.878. The number of nitrogens with one attached hydrogen (secondary N) is 1. The molecule has 1 heterocycles. The molecule has 3 heteroatoms. The van der Waals surface area contributed by atoms with Crippen LogP contribution in [0.25, 0.3) is 0 Å². The van der Waals surface area contributed by atoms with E-state index in [2.05, 4.69) is 36.3 Å². The third-order valence-corrected chi connectivity index (χ3v) is 4.14. The van der Waals surface area contributed by atoms with Crippen molar-refractivity contribution in [3.63, 3.8) is 0 Å². The van der Waals surface area contributed by atoms with Crippen LogP contribution in [0.2, 0.25) is 0 Å². The van der Waals surface area contributed by atoms with E-state index in [-0.39, 0.29) is 0 Å². The van der Waals surface area contributed by atoms with Crippen LogP contribution in [0, 0.1) is 5.92 Å². The molecule has 0 spiro atoms. The monoisotopic (exact) mass is 262 g/mol. The maximum atomic E-state index is 6.02. The van der Waals surface area contributed by atoms with Gasteiger partial charge in [-0.1, -0.05) is 13.8 Å². The van der Waals surface area contributed by atoms with Gasteiger partial charge < -0.3 is 10.1 Å². The molecule has 1 saturated carbocycles. The van der Waals surface area contributed by atoms with Gasteiger partial charge in [-0.15, -0.1) is 0 Å². The lowest BCUT2D eigenvalue weighted by atomic mass is 9.89. The van der Waals surface area contributed by atoms with E-state index in [1.807, 2.05) is 13.2 Å². The number of nitrogens with zero attached hydrogens (tertiary/aromatic N) is 1. The summed E-state index contributed by atoms with van der Waals surface area (Å²) in [5.41, 5.74) is 1.09. The van der Waals surface area contributed by atoms with E-state index in [0.29, 0.717) is 12.1 Å². The van der Waals surface area contributed by atoms with Gasteiger partial charge in [-0.3, -0.25) is 4.98 Å². The summed E-state index contributed by atoms with van der Waals surface area (Å²) in [7, 11) is 1.98. The van der Waals surface area contributed by atoms with Crippen LogP contribution >= 0.6 is 0 Å². The smallest absolute Gasteiger partial charge is 0.138 e. The Bertz CT molecular complexity index is 365. The first kappa shape index (κ1) is 14.3. The van der Waals surface area contributed by atoms with E-state index in [0.717, 1.165) is 23.8 Å². The molecule has 106 valence electrons. The normalized spacial score (nSPS) is 25.0. The van der Waals surface area contributed by atoms with Gasteiger partial charge in [-0.25, -0.2) is 0 Å². The first-order chi connectivity index (χ1) is 9.22. The molecule has 1 aliphatic rings. The van der Waals surface area contributed by atoms with Gasteiger partial charge in [-0.2, -0.15) is 0 Å². The van der Waals surface area contributed by atoms with Crippen molar-refractivity contribution in [2.45, 2.75) is 58.1 Å². The van der Waals surface area contributed by atoms with Crippen molar-refractivity contribution in [1.82, 2.24) is 10.3 Å². The molecule has 1 atom stereocenters. The van der Waals surface area contributed by atoms with Crippen molar-refractivity contribution in [2.24, 2.45) is 5.92 Å². The van der Waals surface area contributed by atoms with Crippen LogP contribution in [-0.2, 0) is 0 Å². The van der Waals surface area contributed by atoms with Gasteiger partial charge in [0.15, 0.2) is 0 Å². The Labute approximate surface area is 116 Å². The molecule has 19 heavy (non-hydrogen) atoms. The molecule has 0 bridgehead atoms. The van der Waals surface area contributed by atoms with Gasteiger partial charge in [0.25, 0.3) is 0 Å². The van der Waals surface area contributed by atoms with Crippen LogP contribution in [0.15, 0.2) is 18.3 Å². The second-order valence-electron chi connectivity index (χ2n) is 5.67. The fraction of sp³-hybridized carbons (Fsp3) is 0.688. The highest BCUT2D eigenvalue weighted by atomic mass is 16.5. The molecule has 0 amide bonds. The summed E-state index contributed by atoms with van der Waals surface area (Å²) < 4.78 is 6.02. The topological polar surface area (TPSA) is 34.1 Å². The van der Waals surface area contributed by atoms with E-state index in [4.69, 9.17) is 4.74 Å². The number of aromatic nitrogens is 1. The Balaban J connectivity index is 1.91. The highest BCUT2D eigenvalue weighted by Crippen LogP contribution is 2.27. The minimum atomic E-state index is 0.338. The number of rotatable bonds is 5. The Morgan fingerprint density at radius 2 is 2.05 bits per heavy atom. The van der Waals surface area contributed by atoms with Gasteiger partial charge in [-0.05, 0) is 57.2 Å². The largest absolute Gasteiger partial charge is 0.489 e. The standard InChI is InChI=1S/C16H26N2O/c1-4-15(17-3)16-10-9-14(11-18-16)19-13-7-5-12(2)6-8-13/h9-13,15,17H,4-8H2,1-3H3. The Morgan fingerprint density at radius 1 is 1.32 bits per heavy atom. The van der Waals surface area contributed by atoms with Crippen molar-refractivity contribution in [3.8, 4) is 5.75 Å². The first-order valence-corrected chi connectivity index (χ1v) is 7.52. The molecule has 0 aromatic carbocycles. The van der Waals surface area contributed by atoms with Crippen LogP contribution in [-0.4, -0.2) is 18.1 Å². The number of pyridine rings is 1. The Hall–Kier alpha value is -1.09. The summed E-state index contributed by atoms with van der Waals surface area (Å²) in [6.45, 7) is 4.49. The van der Waals surface area contributed by atoms with Crippen molar-refractivity contribution in [2.75, 3.05) is 7.05 Å². The molecule has 1 unspecified atom stereocenters.